The maximum absolute atomic E-state index is 13.7. The Morgan fingerprint density at radius 3 is 2.76 bits per heavy atom. The number of nitrogens with one attached hydrogen (secondary N) is 1. The van der Waals surface area contributed by atoms with Gasteiger partial charge in [0.1, 0.15) is 5.82 Å². The summed E-state index contributed by atoms with van der Waals surface area (Å²) in [5.74, 6) is 0.257. The van der Waals surface area contributed by atoms with Gasteiger partial charge in [-0.1, -0.05) is 30.3 Å². The molecule has 0 saturated heterocycles. The molecule has 21 heavy (non-hydrogen) atoms. The molecule has 2 aromatic carbocycles. The summed E-state index contributed by atoms with van der Waals surface area (Å²) in [4.78, 5) is 12.6. The van der Waals surface area contributed by atoms with Gasteiger partial charge < -0.3 is 0 Å². The third-order valence-corrected chi connectivity index (χ3v) is 4.30. The first-order valence-corrected chi connectivity index (χ1v) is 7.58. The van der Waals surface area contributed by atoms with E-state index in [4.69, 9.17) is 0 Å². The summed E-state index contributed by atoms with van der Waals surface area (Å²) < 4.78 is 13.7. The van der Waals surface area contributed by atoms with Gasteiger partial charge in [-0.05, 0) is 18.2 Å². The highest BCUT2D eigenvalue weighted by Crippen LogP contribution is 2.32. The zero-order valence-electron chi connectivity index (χ0n) is 11.2. The number of thioether (sulfide) groups is 1. The van der Waals surface area contributed by atoms with E-state index in [2.05, 4.69) is 10.5 Å². The Morgan fingerprint density at radius 1 is 1.14 bits per heavy atom. The average Bonchev–Trinajstić information content (AvgIpc) is 2.54. The normalized spacial score (nSPS) is 15.6. The summed E-state index contributed by atoms with van der Waals surface area (Å²) in [5, 5.41) is 4.18. The fourth-order valence-electron chi connectivity index (χ4n) is 2.16. The number of carbonyl (C=O) groups is 1. The first-order chi connectivity index (χ1) is 10.3. The summed E-state index contributed by atoms with van der Waals surface area (Å²) in [6, 6.07) is 13.8. The number of rotatable bonds is 2. The molecule has 0 unspecified atom stereocenters. The molecule has 0 bridgehead atoms. The smallest absolute Gasteiger partial charge is 0.267 e. The predicted molar refractivity (Wildman–Crippen MR) is 82.2 cm³/mol. The zero-order valence-corrected chi connectivity index (χ0v) is 12.0. The number of hydrazone groups is 1. The van der Waals surface area contributed by atoms with Crippen LogP contribution in [-0.4, -0.2) is 17.4 Å². The number of fused-ring (bicyclic) bond motifs is 1. The molecule has 1 aliphatic rings. The topological polar surface area (TPSA) is 41.5 Å². The van der Waals surface area contributed by atoms with Gasteiger partial charge >= 0.3 is 0 Å². The van der Waals surface area contributed by atoms with E-state index in [1.807, 2.05) is 12.1 Å². The van der Waals surface area contributed by atoms with Gasteiger partial charge in [0.2, 0.25) is 0 Å². The Balaban J connectivity index is 1.83. The Bertz CT molecular complexity index is 701. The van der Waals surface area contributed by atoms with Crippen molar-refractivity contribution >= 4 is 23.4 Å². The molecule has 5 heteroatoms. The van der Waals surface area contributed by atoms with Crippen molar-refractivity contribution in [3.05, 3.63) is 65.5 Å². The molecule has 0 aromatic heterocycles. The lowest BCUT2D eigenvalue weighted by Gasteiger charge is -2.17. The second-order valence-electron chi connectivity index (χ2n) is 4.58. The molecule has 0 fully saturated rings. The fourth-order valence-corrected chi connectivity index (χ4v) is 3.20. The van der Waals surface area contributed by atoms with Gasteiger partial charge in [-0.3, -0.25) is 4.79 Å². The summed E-state index contributed by atoms with van der Waals surface area (Å²) in [6.07, 6.45) is 0.705. The zero-order chi connectivity index (χ0) is 14.7. The van der Waals surface area contributed by atoms with E-state index >= 15 is 0 Å². The Hall–Kier alpha value is -2.14. The van der Waals surface area contributed by atoms with Crippen molar-refractivity contribution in [1.82, 2.24) is 5.43 Å². The largest absolute Gasteiger partial charge is 0.271 e. The number of nitrogens with zero attached hydrogens (tertiary/aromatic N) is 1. The second-order valence-corrected chi connectivity index (χ2v) is 5.69. The molecule has 0 radical (unpaired) electrons. The SMILES string of the molecule is O=C(N/N=C1/CCSc2c(F)cccc21)c1ccccc1. The van der Waals surface area contributed by atoms with Crippen molar-refractivity contribution in [2.75, 3.05) is 5.75 Å². The first kappa shape index (κ1) is 13.8. The van der Waals surface area contributed by atoms with Crippen molar-refractivity contribution in [2.45, 2.75) is 11.3 Å². The third kappa shape index (κ3) is 2.97. The van der Waals surface area contributed by atoms with E-state index in [9.17, 15) is 9.18 Å². The lowest BCUT2D eigenvalue weighted by Crippen LogP contribution is -2.21. The van der Waals surface area contributed by atoms with Crippen molar-refractivity contribution in [3.63, 3.8) is 0 Å². The minimum absolute atomic E-state index is 0.237. The molecule has 0 aliphatic carbocycles. The van der Waals surface area contributed by atoms with Crippen molar-refractivity contribution in [1.29, 1.82) is 0 Å². The van der Waals surface area contributed by atoms with Crippen LogP contribution in [0, 0.1) is 5.82 Å². The van der Waals surface area contributed by atoms with Gasteiger partial charge in [0.15, 0.2) is 0 Å². The van der Waals surface area contributed by atoms with Gasteiger partial charge in [0.25, 0.3) is 5.91 Å². The van der Waals surface area contributed by atoms with Crippen LogP contribution in [0.1, 0.15) is 22.3 Å². The van der Waals surface area contributed by atoms with Crippen LogP contribution in [-0.2, 0) is 0 Å². The van der Waals surface area contributed by atoms with Crippen molar-refractivity contribution < 1.29 is 9.18 Å². The number of hydrogen-bond acceptors (Lipinski definition) is 3. The van der Waals surface area contributed by atoms with Crippen LogP contribution in [0.4, 0.5) is 4.39 Å². The van der Waals surface area contributed by atoms with Gasteiger partial charge in [0, 0.05) is 23.3 Å². The minimum atomic E-state index is -0.265. The molecule has 3 rings (SSSR count). The molecule has 1 aliphatic heterocycles. The van der Waals surface area contributed by atoms with Crippen LogP contribution in [0.3, 0.4) is 0 Å². The van der Waals surface area contributed by atoms with E-state index < -0.39 is 0 Å². The molecule has 1 heterocycles. The van der Waals surface area contributed by atoms with Gasteiger partial charge in [-0.2, -0.15) is 5.10 Å². The Kier molecular flexibility index (Phi) is 4.01. The summed E-state index contributed by atoms with van der Waals surface area (Å²) in [6.45, 7) is 0. The molecule has 3 nitrogen and oxygen atoms in total. The molecular weight excluding hydrogens is 287 g/mol. The lowest BCUT2D eigenvalue weighted by atomic mass is 10.1. The fraction of sp³-hybridized carbons (Fsp3) is 0.125. The molecule has 0 spiro atoms. The van der Waals surface area contributed by atoms with Crippen molar-refractivity contribution in [3.8, 4) is 0 Å². The van der Waals surface area contributed by atoms with Crippen LogP contribution in [0.15, 0.2) is 58.5 Å². The quantitative estimate of drug-likeness (QED) is 0.863. The third-order valence-electron chi connectivity index (χ3n) is 3.19. The summed E-state index contributed by atoms with van der Waals surface area (Å²) in [5.41, 5.74) is 4.57. The van der Waals surface area contributed by atoms with E-state index in [0.29, 0.717) is 22.6 Å². The predicted octanol–water partition coefficient (Wildman–Crippen LogP) is 3.46. The van der Waals surface area contributed by atoms with Gasteiger partial charge in [-0.15, -0.1) is 11.8 Å². The highest BCUT2D eigenvalue weighted by atomic mass is 32.2. The van der Waals surface area contributed by atoms with Crippen molar-refractivity contribution in [2.24, 2.45) is 5.10 Å². The standard InChI is InChI=1S/C16H13FN2OS/c17-13-8-4-7-12-14(9-10-21-15(12)13)18-19-16(20)11-5-2-1-3-6-11/h1-8H,9-10H2,(H,19,20)/b18-14-. The molecule has 2 aromatic rings. The first-order valence-electron chi connectivity index (χ1n) is 6.59. The van der Waals surface area contributed by atoms with Gasteiger partial charge in [-0.25, -0.2) is 9.82 Å². The molecule has 0 saturated carbocycles. The van der Waals surface area contributed by atoms with Crippen LogP contribution in [0.25, 0.3) is 0 Å². The van der Waals surface area contributed by atoms with Crippen LogP contribution >= 0.6 is 11.8 Å². The van der Waals surface area contributed by atoms with Crippen LogP contribution < -0.4 is 5.43 Å². The Morgan fingerprint density at radius 2 is 1.95 bits per heavy atom. The number of halogens is 1. The molecule has 1 N–H and O–H groups in total. The number of amides is 1. The monoisotopic (exact) mass is 300 g/mol. The number of benzene rings is 2. The van der Waals surface area contributed by atoms with Gasteiger partial charge in [0.05, 0.1) is 10.6 Å². The number of hydrogen-bond donors (Lipinski definition) is 1. The highest BCUT2D eigenvalue weighted by Gasteiger charge is 2.19. The number of carbonyl (C=O) groups excluding carboxylic acids is 1. The summed E-state index contributed by atoms with van der Waals surface area (Å²) >= 11 is 1.48. The molecule has 0 atom stereocenters. The van der Waals surface area contributed by atoms with E-state index in [-0.39, 0.29) is 11.7 Å². The van der Waals surface area contributed by atoms with E-state index in [0.717, 1.165) is 11.3 Å². The molecule has 106 valence electrons. The maximum atomic E-state index is 13.7. The van der Waals surface area contributed by atoms with Crippen LogP contribution in [0.2, 0.25) is 0 Å². The van der Waals surface area contributed by atoms with E-state index in [1.165, 1.54) is 17.8 Å². The maximum Gasteiger partial charge on any atom is 0.271 e. The highest BCUT2D eigenvalue weighted by molar-refractivity contribution is 7.99. The second kappa shape index (κ2) is 6.10. The Labute approximate surface area is 126 Å². The minimum Gasteiger partial charge on any atom is -0.267 e. The molecular formula is C16H13FN2OS. The average molecular weight is 300 g/mol. The van der Waals surface area contributed by atoms with E-state index in [1.54, 1.807) is 30.3 Å². The lowest BCUT2D eigenvalue weighted by molar-refractivity contribution is 0.0955. The summed E-state index contributed by atoms with van der Waals surface area (Å²) in [7, 11) is 0. The van der Waals surface area contributed by atoms with Crippen LogP contribution in [0.5, 0.6) is 0 Å². The molecule has 1 amide bonds.